The smallest absolute Gasteiger partial charge is 0.410 e. The van der Waals surface area contributed by atoms with Gasteiger partial charge < -0.3 is 19.8 Å². The molecule has 0 radical (unpaired) electrons. The molecule has 16 heavy (non-hydrogen) atoms. The van der Waals surface area contributed by atoms with Gasteiger partial charge in [-0.2, -0.15) is 0 Å². The third kappa shape index (κ3) is 2.25. The first kappa shape index (κ1) is 10.8. The number of rotatable bonds is 3. The minimum atomic E-state index is -0.426. The van der Waals surface area contributed by atoms with E-state index in [-0.39, 0.29) is 12.4 Å². The molecule has 0 spiro atoms. The Bertz CT molecular complexity index is 376. The van der Waals surface area contributed by atoms with Gasteiger partial charge >= 0.3 is 6.09 Å². The number of cyclic esters (lactones) is 1. The van der Waals surface area contributed by atoms with Crippen LogP contribution in [0.3, 0.4) is 0 Å². The summed E-state index contributed by atoms with van der Waals surface area (Å²) in [5, 5.41) is 18.0. The average molecular weight is 223 g/mol. The maximum atomic E-state index is 11.4. The number of ether oxygens (including phenoxy) is 1. The van der Waals surface area contributed by atoms with Gasteiger partial charge in [-0.05, 0) is 17.7 Å². The molecule has 0 bridgehead atoms. The molecule has 1 fully saturated rings. The Morgan fingerprint density at radius 1 is 1.38 bits per heavy atom. The van der Waals surface area contributed by atoms with Crippen molar-refractivity contribution in [1.82, 2.24) is 4.90 Å². The minimum Gasteiger partial charge on any atom is -0.508 e. The SMILES string of the molecule is O=C1O[C@@H](CO)CN1Cc1ccc(O)cc1. The highest BCUT2D eigenvalue weighted by molar-refractivity contribution is 5.69. The lowest BCUT2D eigenvalue weighted by molar-refractivity contribution is 0.0947. The van der Waals surface area contributed by atoms with Crippen LogP contribution in [0.25, 0.3) is 0 Å². The van der Waals surface area contributed by atoms with Gasteiger partial charge in [-0.25, -0.2) is 4.79 Å². The zero-order chi connectivity index (χ0) is 11.5. The molecule has 1 saturated heterocycles. The summed E-state index contributed by atoms with van der Waals surface area (Å²) in [7, 11) is 0. The molecule has 0 aliphatic carbocycles. The van der Waals surface area contributed by atoms with Gasteiger partial charge in [0.2, 0.25) is 0 Å². The van der Waals surface area contributed by atoms with Crippen molar-refractivity contribution in [3.8, 4) is 5.75 Å². The first-order valence-electron chi connectivity index (χ1n) is 5.03. The molecule has 1 aliphatic rings. The number of carbonyl (C=O) groups is 1. The van der Waals surface area contributed by atoms with Gasteiger partial charge in [-0.3, -0.25) is 0 Å². The van der Waals surface area contributed by atoms with E-state index < -0.39 is 12.2 Å². The van der Waals surface area contributed by atoms with E-state index in [0.717, 1.165) is 5.56 Å². The van der Waals surface area contributed by atoms with Crippen LogP contribution in [0.1, 0.15) is 5.56 Å². The van der Waals surface area contributed by atoms with E-state index in [0.29, 0.717) is 13.1 Å². The molecule has 2 rings (SSSR count). The summed E-state index contributed by atoms with van der Waals surface area (Å²) in [6.45, 7) is 0.670. The van der Waals surface area contributed by atoms with Crippen LogP contribution in [0.4, 0.5) is 4.79 Å². The Hall–Kier alpha value is -1.75. The average Bonchev–Trinajstić information content (AvgIpc) is 2.63. The molecule has 1 aromatic rings. The van der Waals surface area contributed by atoms with Crippen molar-refractivity contribution in [2.45, 2.75) is 12.6 Å². The van der Waals surface area contributed by atoms with E-state index in [1.807, 2.05) is 0 Å². The van der Waals surface area contributed by atoms with Crippen molar-refractivity contribution >= 4 is 6.09 Å². The molecular formula is C11H13NO4. The van der Waals surface area contributed by atoms with Gasteiger partial charge in [-0.15, -0.1) is 0 Å². The van der Waals surface area contributed by atoms with Crippen LogP contribution in [-0.2, 0) is 11.3 Å². The zero-order valence-corrected chi connectivity index (χ0v) is 8.67. The Labute approximate surface area is 92.9 Å². The fourth-order valence-electron chi connectivity index (χ4n) is 1.62. The number of benzene rings is 1. The number of phenolic OH excluding ortho intramolecular Hbond substituents is 1. The summed E-state index contributed by atoms with van der Waals surface area (Å²) in [6.07, 6.45) is -0.836. The van der Waals surface area contributed by atoms with Crippen LogP contribution in [0, 0.1) is 0 Å². The summed E-state index contributed by atoms with van der Waals surface area (Å²) in [4.78, 5) is 12.9. The van der Waals surface area contributed by atoms with Crippen LogP contribution in [0.2, 0.25) is 0 Å². The molecule has 0 unspecified atom stereocenters. The zero-order valence-electron chi connectivity index (χ0n) is 8.67. The Kier molecular flexibility index (Phi) is 2.96. The third-order valence-electron chi connectivity index (χ3n) is 2.46. The lowest BCUT2D eigenvalue weighted by Crippen LogP contribution is -2.25. The number of phenols is 1. The molecule has 5 nitrogen and oxygen atoms in total. The molecule has 1 atom stereocenters. The predicted molar refractivity (Wildman–Crippen MR) is 55.9 cm³/mol. The molecular weight excluding hydrogens is 210 g/mol. The normalized spacial score (nSPS) is 19.9. The van der Waals surface area contributed by atoms with Crippen LogP contribution in [0.5, 0.6) is 5.75 Å². The van der Waals surface area contributed by atoms with Crippen LogP contribution in [0.15, 0.2) is 24.3 Å². The second-order valence-electron chi connectivity index (χ2n) is 3.74. The van der Waals surface area contributed by atoms with Gasteiger partial charge in [-0.1, -0.05) is 12.1 Å². The number of amides is 1. The van der Waals surface area contributed by atoms with E-state index in [4.69, 9.17) is 14.9 Å². The van der Waals surface area contributed by atoms with Gasteiger partial charge in [0.15, 0.2) is 0 Å². The largest absolute Gasteiger partial charge is 0.508 e. The summed E-state index contributed by atoms with van der Waals surface area (Å²) in [5.41, 5.74) is 0.910. The summed E-state index contributed by atoms with van der Waals surface area (Å²) < 4.78 is 4.91. The van der Waals surface area contributed by atoms with Crippen molar-refractivity contribution in [3.05, 3.63) is 29.8 Å². The molecule has 1 aromatic carbocycles. The standard InChI is InChI=1S/C11H13NO4/c13-7-10-6-12(11(15)16-10)5-8-1-3-9(14)4-2-8/h1-4,10,13-14H,5-7H2/t10-/m1/s1. The summed E-state index contributed by atoms with van der Waals surface area (Å²) in [5.74, 6) is 0.195. The second-order valence-corrected chi connectivity index (χ2v) is 3.74. The summed E-state index contributed by atoms with van der Waals surface area (Å²) >= 11 is 0. The first-order chi connectivity index (χ1) is 7.69. The van der Waals surface area contributed by atoms with Crippen LogP contribution >= 0.6 is 0 Å². The number of nitrogens with zero attached hydrogens (tertiary/aromatic N) is 1. The van der Waals surface area contributed by atoms with Gasteiger partial charge in [0.1, 0.15) is 11.9 Å². The Morgan fingerprint density at radius 3 is 2.62 bits per heavy atom. The van der Waals surface area contributed by atoms with E-state index >= 15 is 0 Å². The lowest BCUT2D eigenvalue weighted by atomic mass is 10.2. The van der Waals surface area contributed by atoms with Crippen LogP contribution < -0.4 is 0 Å². The quantitative estimate of drug-likeness (QED) is 0.791. The number of aromatic hydroxyl groups is 1. The van der Waals surface area contributed by atoms with E-state index in [2.05, 4.69) is 0 Å². The number of hydrogen-bond acceptors (Lipinski definition) is 4. The first-order valence-corrected chi connectivity index (χ1v) is 5.03. The number of carbonyl (C=O) groups excluding carboxylic acids is 1. The van der Waals surface area contributed by atoms with Crippen LogP contribution in [-0.4, -0.2) is 40.5 Å². The van der Waals surface area contributed by atoms with Gasteiger partial charge in [0, 0.05) is 6.54 Å². The predicted octanol–water partition coefficient (Wildman–Crippen LogP) is 0.705. The molecule has 1 aliphatic heterocycles. The summed E-state index contributed by atoms with van der Waals surface area (Å²) in [6, 6.07) is 6.63. The monoisotopic (exact) mass is 223 g/mol. The fourth-order valence-corrected chi connectivity index (χ4v) is 1.62. The number of aliphatic hydroxyl groups is 1. The van der Waals surface area contributed by atoms with Crippen molar-refractivity contribution < 1.29 is 19.7 Å². The second kappa shape index (κ2) is 4.40. The van der Waals surface area contributed by atoms with Gasteiger partial charge in [0.05, 0.1) is 13.2 Å². The molecule has 1 amide bonds. The van der Waals surface area contributed by atoms with E-state index in [1.54, 1.807) is 24.3 Å². The van der Waals surface area contributed by atoms with Crippen molar-refractivity contribution in [2.24, 2.45) is 0 Å². The maximum Gasteiger partial charge on any atom is 0.410 e. The Morgan fingerprint density at radius 2 is 2.06 bits per heavy atom. The van der Waals surface area contributed by atoms with Crippen molar-refractivity contribution in [2.75, 3.05) is 13.2 Å². The molecule has 5 heteroatoms. The minimum absolute atomic E-state index is 0.155. The maximum absolute atomic E-state index is 11.4. The van der Waals surface area contributed by atoms with E-state index in [9.17, 15) is 4.79 Å². The highest BCUT2D eigenvalue weighted by Gasteiger charge is 2.30. The highest BCUT2D eigenvalue weighted by Crippen LogP contribution is 2.16. The molecule has 1 heterocycles. The fraction of sp³-hybridized carbons (Fsp3) is 0.364. The molecule has 2 N–H and O–H groups in total. The highest BCUT2D eigenvalue weighted by atomic mass is 16.6. The topological polar surface area (TPSA) is 70.0 Å². The van der Waals surface area contributed by atoms with Gasteiger partial charge in [0.25, 0.3) is 0 Å². The Balaban J connectivity index is 2.00. The molecule has 0 saturated carbocycles. The van der Waals surface area contributed by atoms with E-state index in [1.165, 1.54) is 4.90 Å². The lowest BCUT2D eigenvalue weighted by Gasteiger charge is -2.12. The molecule has 0 aromatic heterocycles. The number of hydrogen-bond donors (Lipinski definition) is 2. The molecule has 86 valence electrons. The third-order valence-corrected chi connectivity index (χ3v) is 2.46. The van der Waals surface area contributed by atoms with Crippen molar-refractivity contribution in [3.63, 3.8) is 0 Å². The number of aliphatic hydroxyl groups excluding tert-OH is 1. The van der Waals surface area contributed by atoms with Crippen molar-refractivity contribution in [1.29, 1.82) is 0 Å².